The largest absolute Gasteiger partial charge is 0.361 e. The molecule has 0 radical (unpaired) electrons. The number of amides is 1. The van der Waals surface area contributed by atoms with E-state index in [1.54, 1.807) is 18.0 Å². The van der Waals surface area contributed by atoms with Gasteiger partial charge in [0.2, 0.25) is 0 Å². The van der Waals surface area contributed by atoms with Gasteiger partial charge in [-0.25, -0.2) is 0 Å². The minimum absolute atomic E-state index is 0.150. The van der Waals surface area contributed by atoms with E-state index in [1.807, 2.05) is 60.7 Å². The van der Waals surface area contributed by atoms with E-state index in [2.05, 4.69) is 10.1 Å². The molecule has 0 aliphatic rings. The average molecular weight is 387 g/mol. The fourth-order valence-electron chi connectivity index (χ4n) is 3.28. The van der Waals surface area contributed by atoms with Crippen LogP contribution in [0.1, 0.15) is 22.5 Å². The molecule has 0 atom stereocenters. The van der Waals surface area contributed by atoms with Gasteiger partial charge >= 0.3 is 0 Å². The van der Waals surface area contributed by atoms with E-state index < -0.39 is 0 Å². The highest BCUT2D eigenvalue weighted by atomic mass is 16.5. The van der Waals surface area contributed by atoms with E-state index in [4.69, 9.17) is 4.52 Å². The minimum atomic E-state index is -0.372. The maximum atomic E-state index is 12.7. The fourth-order valence-corrected chi connectivity index (χ4v) is 3.28. The normalized spacial score (nSPS) is 10.9. The Morgan fingerprint density at radius 1 is 1.07 bits per heavy atom. The quantitative estimate of drug-likeness (QED) is 0.544. The molecule has 1 amide bonds. The summed E-state index contributed by atoms with van der Waals surface area (Å²) in [7, 11) is 1.70. The lowest BCUT2D eigenvalue weighted by molar-refractivity contribution is 0.0791. The lowest BCUT2D eigenvalue weighted by Gasteiger charge is -2.16. The summed E-state index contributed by atoms with van der Waals surface area (Å²) in [5.41, 5.74) is 2.30. The standard InChI is InChI=1S/C23H21N3O3/c1-26(23(28)19-14-17-10-5-6-12-20(17)24-22(19)27)13-7-11-18-15-21(25-29-18)16-8-3-2-4-9-16/h2-6,8-10,12,14-15H,7,11,13H2,1H3,(H,24,27). The molecule has 1 N–H and O–H groups in total. The van der Waals surface area contributed by atoms with E-state index in [0.717, 1.165) is 27.9 Å². The van der Waals surface area contributed by atoms with Crippen molar-refractivity contribution in [2.24, 2.45) is 0 Å². The third-order valence-electron chi connectivity index (χ3n) is 4.88. The zero-order chi connectivity index (χ0) is 20.2. The van der Waals surface area contributed by atoms with E-state index >= 15 is 0 Å². The molecule has 4 rings (SSSR count). The number of nitrogens with zero attached hydrogens (tertiary/aromatic N) is 2. The van der Waals surface area contributed by atoms with Crippen molar-refractivity contribution in [3.05, 3.63) is 88.4 Å². The van der Waals surface area contributed by atoms with Crippen LogP contribution in [0.3, 0.4) is 0 Å². The highest BCUT2D eigenvalue weighted by Gasteiger charge is 2.16. The number of aryl methyl sites for hydroxylation is 1. The van der Waals surface area contributed by atoms with Gasteiger partial charge in [-0.3, -0.25) is 9.59 Å². The first-order valence-corrected chi connectivity index (χ1v) is 9.50. The molecule has 4 aromatic rings. The van der Waals surface area contributed by atoms with Crippen LogP contribution in [-0.4, -0.2) is 34.5 Å². The van der Waals surface area contributed by atoms with Crippen molar-refractivity contribution in [2.45, 2.75) is 12.8 Å². The number of benzene rings is 2. The molecule has 29 heavy (non-hydrogen) atoms. The molecule has 0 aliphatic heterocycles. The van der Waals surface area contributed by atoms with Gasteiger partial charge in [0.15, 0.2) is 0 Å². The van der Waals surface area contributed by atoms with Gasteiger partial charge < -0.3 is 14.4 Å². The van der Waals surface area contributed by atoms with Crippen molar-refractivity contribution in [1.82, 2.24) is 15.0 Å². The van der Waals surface area contributed by atoms with Crippen LogP contribution in [0, 0.1) is 0 Å². The molecule has 0 unspecified atom stereocenters. The van der Waals surface area contributed by atoms with Gasteiger partial charge in [-0.2, -0.15) is 0 Å². The molecule has 0 fully saturated rings. The lowest BCUT2D eigenvalue weighted by Crippen LogP contribution is -2.32. The fraction of sp³-hybridized carbons (Fsp3) is 0.174. The first kappa shape index (κ1) is 18.7. The summed E-state index contributed by atoms with van der Waals surface area (Å²) in [6, 6.07) is 20.8. The highest BCUT2D eigenvalue weighted by molar-refractivity contribution is 5.97. The number of carbonyl (C=O) groups excluding carboxylic acids is 1. The first-order valence-electron chi connectivity index (χ1n) is 9.50. The third kappa shape index (κ3) is 4.11. The molecule has 6 heteroatoms. The van der Waals surface area contributed by atoms with Crippen LogP contribution in [0.2, 0.25) is 0 Å². The Morgan fingerprint density at radius 2 is 1.83 bits per heavy atom. The summed E-state index contributed by atoms with van der Waals surface area (Å²) in [6.45, 7) is 0.506. The Labute approximate surface area is 167 Å². The van der Waals surface area contributed by atoms with Gasteiger partial charge in [0.1, 0.15) is 17.0 Å². The van der Waals surface area contributed by atoms with E-state index in [0.29, 0.717) is 19.4 Å². The number of H-pyrrole nitrogens is 1. The number of hydrogen-bond acceptors (Lipinski definition) is 4. The highest BCUT2D eigenvalue weighted by Crippen LogP contribution is 2.19. The van der Waals surface area contributed by atoms with Crippen LogP contribution in [-0.2, 0) is 6.42 Å². The number of fused-ring (bicyclic) bond motifs is 1. The third-order valence-corrected chi connectivity index (χ3v) is 4.88. The Kier molecular flexibility index (Phi) is 5.24. The van der Waals surface area contributed by atoms with Gasteiger partial charge in [0.25, 0.3) is 11.5 Å². The number of pyridine rings is 1. The van der Waals surface area contributed by atoms with Crippen molar-refractivity contribution in [1.29, 1.82) is 0 Å². The Balaban J connectivity index is 1.38. The summed E-state index contributed by atoms with van der Waals surface area (Å²) < 4.78 is 5.40. The van der Waals surface area contributed by atoms with Crippen LogP contribution in [0.5, 0.6) is 0 Å². The second-order valence-corrected chi connectivity index (χ2v) is 6.97. The van der Waals surface area contributed by atoms with Gasteiger partial charge in [0.05, 0.1) is 0 Å². The van der Waals surface area contributed by atoms with Crippen LogP contribution < -0.4 is 5.56 Å². The summed E-state index contributed by atoms with van der Waals surface area (Å²) in [6.07, 6.45) is 1.36. The minimum Gasteiger partial charge on any atom is -0.361 e. The van der Waals surface area contributed by atoms with Crippen molar-refractivity contribution in [3.63, 3.8) is 0 Å². The number of nitrogens with one attached hydrogen (secondary N) is 1. The van der Waals surface area contributed by atoms with Crippen molar-refractivity contribution >= 4 is 16.8 Å². The molecule has 0 spiro atoms. The Bertz CT molecular complexity index is 1190. The molecule has 0 bridgehead atoms. The molecule has 6 nitrogen and oxygen atoms in total. The molecule has 2 heterocycles. The summed E-state index contributed by atoms with van der Waals surface area (Å²) in [5.74, 6) is 0.479. The van der Waals surface area contributed by atoms with Crippen LogP contribution in [0.4, 0.5) is 0 Å². The molecular weight excluding hydrogens is 366 g/mol. The summed E-state index contributed by atoms with van der Waals surface area (Å²) in [5, 5.41) is 4.94. The molecule has 2 aromatic carbocycles. The van der Waals surface area contributed by atoms with Gasteiger partial charge in [-0.1, -0.05) is 53.7 Å². The van der Waals surface area contributed by atoms with Gasteiger partial charge in [-0.15, -0.1) is 0 Å². The summed E-state index contributed by atoms with van der Waals surface area (Å²) in [4.78, 5) is 29.3. The summed E-state index contributed by atoms with van der Waals surface area (Å²) >= 11 is 0. The maximum Gasteiger partial charge on any atom is 0.261 e. The van der Waals surface area contributed by atoms with Crippen molar-refractivity contribution in [2.75, 3.05) is 13.6 Å². The zero-order valence-electron chi connectivity index (χ0n) is 16.1. The first-order chi connectivity index (χ1) is 14.1. The predicted molar refractivity (Wildman–Crippen MR) is 112 cm³/mol. The second kappa shape index (κ2) is 8.14. The topological polar surface area (TPSA) is 79.2 Å². The SMILES string of the molecule is CN(CCCc1cc(-c2ccccc2)no1)C(=O)c1cc2ccccc2[nH]c1=O. The van der Waals surface area contributed by atoms with Crippen LogP contribution in [0.15, 0.2) is 76.0 Å². The van der Waals surface area contributed by atoms with Crippen molar-refractivity contribution < 1.29 is 9.32 Å². The van der Waals surface area contributed by atoms with E-state index in [9.17, 15) is 9.59 Å². The number of aromatic nitrogens is 2. The number of carbonyl (C=O) groups is 1. The molecule has 146 valence electrons. The molecule has 0 aliphatic carbocycles. The number of rotatable bonds is 6. The Morgan fingerprint density at radius 3 is 2.66 bits per heavy atom. The zero-order valence-corrected chi connectivity index (χ0v) is 16.1. The number of aromatic amines is 1. The van der Waals surface area contributed by atoms with Gasteiger partial charge in [-0.05, 0) is 23.9 Å². The van der Waals surface area contributed by atoms with Crippen LogP contribution in [0.25, 0.3) is 22.2 Å². The molecule has 2 aromatic heterocycles. The molecule has 0 saturated carbocycles. The molecule has 0 saturated heterocycles. The van der Waals surface area contributed by atoms with Crippen LogP contribution >= 0.6 is 0 Å². The smallest absolute Gasteiger partial charge is 0.261 e. The number of hydrogen-bond donors (Lipinski definition) is 1. The lowest BCUT2D eigenvalue weighted by atomic mass is 10.1. The predicted octanol–water partition coefficient (Wildman–Crippen LogP) is 3.89. The monoisotopic (exact) mass is 387 g/mol. The average Bonchev–Trinajstić information content (AvgIpc) is 3.22. The van der Waals surface area contributed by atoms with E-state index in [1.165, 1.54) is 0 Å². The van der Waals surface area contributed by atoms with E-state index in [-0.39, 0.29) is 17.0 Å². The molecular formula is C23H21N3O3. The Hall–Kier alpha value is -3.67. The van der Waals surface area contributed by atoms with Crippen molar-refractivity contribution in [3.8, 4) is 11.3 Å². The maximum absolute atomic E-state index is 12.7. The second-order valence-electron chi connectivity index (χ2n) is 6.97. The van der Waals surface area contributed by atoms with Gasteiger partial charge in [0, 0.05) is 37.2 Å². The number of para-hydroxylation sites is 1.